The van der Waals surface area contributed by atoms with E-state index in [2.05, 4.69) is 31.2 Å². The maximum atomic E-state index is 5.04. The molecule has 0 saturated heterocycles. The first kappa shape index (κ1) is 13.5. The van der Waals surface area contributed by atoms with Crippen LogP contribution in [0.25, 0.3) is 0 Å². The zero-order chi connectivity index (χ0) is 9.61. The molecule has 70 valence electrons. The Bertz CT molecular complexity index is 153. The topological polar surface area (TPSA) is 0 Å². The van der Waals surface area contributed by atoms with Gasteiger partial charge in [-0.25, -0.2) is 0 Å². The Balaban J connectivity index is 0.000000217. The van der Waals surface area contributed by atoms with Crippen LogP contribution in [0.3, 0.4) is 0 Å². The quantitative estimate of drug-likeness (QED) is 0.643. The molecule has 12 heavy (non-hydrogen) atoms. The summed E-state index contributed by atoms with van der Waals surface area (Å²) >= 11 is -3.29. The van der Waals surface area contributed by atoms with Crippen molar-refractivity contribution >= 4 is 34.1 Å². The SMILES string of the molecule is CCC1C=CC=C1.[Cl][Zr]([Cl])([Cl])[Cl]. The van der Waals surface area contributed by atoms with Gasteiger partial charge in [-0.3, -0.25) is 0 Å². The number of rotatable bonds is 1. The van der Waals surface area contributed by atoms with Crippen molar-refractivity contribution in [2.45, 2.75) is 13.3 Å². The van der Waals surface area contributed by atoms with E-state index in [0.717, 1.165) is 5.92 Å². The third-order valence-corrected chi connectivity index (χ3v) is 1.30. The molecule has 0 radical (unpaired) electrons. The molecule has 0 fully saturated rings. The number of hydrogen-bond donors (Lipinski definition) is 0. The molecule has 0 aromatic carbocycles. The molecular weight excluding hydrogens is 317 g/mol. The van der Waals surface area contributed by atoms with E-state index in [1.54, 1.807) is 0 Å². The van der Waals surface area contributed by atoms with Gasteiger partial charge in [0.25, 0.3) is 0 Å². The molecule has 0 aliphatic heterocycles. The van der Waals surface area contributed by atoms with Gasteiger partial charge in [-0.15, -0.1) is 0 Å². The molecule has 0 heterocycles. The normalized spacial score (nSPS) is 16.1. The van der Waals surface area contributed by atoms with Gasteiger partial charge in [-0.1, -0.05) is 31.2 Å². The molecule has 0 nitrogen and oxygen atoms in total. The third-order valence-electron chi connectivity index (χ3n) is 1.30. The first-order valence-electron chi connectivity index (χ1n) is 3.54. The Morgan fingerprint density at radius 3 is 1.58 bits per heavy atom. The van der Waals surface area contributed by atoms with Crippen LogP contribution < -0.4 is 0 Å². The van der Waals surface area contributed by atoms with Gasteiger partial charge in [0.05, 0.1) is 0 Å². The fourth-order valence-corrected chi connectivity index (χ4v) is 0.750. The van der Waals surface area contributed by atoms with Crippen molar-refractivity contribution in [1.29, 1.82) is 0 Å². The van der Waals surface area contributed by atoms with E-state index in [4.69, 9.17) is 34.1 Å². The van der Waals surface area contributed by atoms with Crippen LogP contribution in [0.5, 0.6) is 0 Å². The molecule has 1 aliphatic carbocycles. The second-order valence-electron chi connectivity index (χ2n) is 2.27. The monoisotopic (exact) mass is 324 g/mol. The van der Waals surface area contributed by atoms with Crippen LogP contribution in [0.4, 0.5) is 0 Å². The van der Waals surface area contributed by atoms with Crippen molar-refractivity contribution in [1.82, 2.24) is 0 Å². The van der Waals surface area contributed by atoms with Gasteiger partial charge in [-0.05, 0) is 12.3 Å². The fourth-order valence-electron chi connectivity index (χ4n) is 0.750. The molecule has 0 amide bonds. The van der Waals surface area contributed by atoms with E-state index in [1.165, 1.54) is 6.42 Å². The Morgan fingerprint density at radius 1 is 1.08 bits per heavy atom. The predicted octanol–water partition coefficient (Wildman–Crippen LogP) is 4.89. The summed E-state index contributed by atoms with van der Waals surface area (Å²) in [5.74, 6) is 0.736. The van der Waals surface area contributed by atoms with Crippen LogP contribution in [0.15, 0.2) is 24.3 Å². The van der Waals surface area contributed by atoms with Gasteiger partial charge in [0.2, 0.25) is 0 Å². The van der Waals surface area contributed by atoms with E-state index < -0.39 is 15.5 Å². The molecule has 0 atom stereocenters. The molecule has 0 aromatic heterocycles. The minimum atomic E-state index is -3.29. The molecule has 0 bridgehead atoms. The number of allylic oxidation sites excluding steroid dienone is 4. The summed E-state index contributed by atoms with van der Waals surface area (Å²) in [5, 5.41) is 0. The average molecular weight is 327 g/mol. The zero-order valence-corrected chi connectivity index (χ0v) is 12.1. The summed E-state index contributed by atoms with van der Waals surface area (Å²) in [6, 6.07) is 0. The summed E-state index contributed by atoms with van der Waals surface area (Å²) in [7, 11) is 20.1. The predicted molar refractivity (Wildman–Crippen MR) is 55.5 cm³/mol. The van der Waals surface area contributed by atoms with Gasteiger partial charge in [0.15, 0.2) is 0 Å². The van der Waals surface area contributed by atoms with Gasteiger partial charge in [0.1, 0.15) is 0 Å². The first-order valence-corrected chi connectivity index (χ1v) is 16.2. The van der Waals surface area contributed by atoms with Crippen LogP contribution in [0.1, 0.15) is 13.3 Å². The van der Waals surface area contributed by atoms with Crippen molar-refractivity contribution in [3.63, 3.8) is 0 Å². The van der Waals surface area contributed by atoms with E-state index in [9.17, 15) is 0 Å². The zero-order valence-electron chi connectivity index (χ0n) is 6.61. The van der Waals surface area contributed by atoms with Crippen molar-refractivity contribution in [2.75, 3.05) is 0 Å². The van der Waals surface area contributed by atoms with Gasteiger partial charge >= 0.3 is 49.5 Å². The Kier molecular flexibility index (Phi) is 7.78. The van der Waals surface area contributed by atoms with Gasteiger partial charge < -0.3 is 0 Å². The summed E-state index contributed by atoms with van der Waals surface area (Å²) in [6.07, 6.45) is 9.90. The molecule has 5 heteroatoms. The molecule has 0 unspecified atom stereocenters. The van der Waals surface area contributed by atoms with E-state index in [-0.39, 0.29) is 0 Å². The summed E-state index contributed by atoms with van der Waals surface area (Å²) in [4.78, 5) is 0. The molecule has 0 N–H and O–H groups in total. The summed E-state index contributed by atoms with van der Waals surface area (Å²) in [5.41, 5.74) is 0. The third kappa shape index (κ3) is 11.5. The second kappa shape index (κ2) is 6.90. The maximum absolute atomic E-state index is 5.04. The minimum absolute atomic E-state index is 0.736. The molecule has 0 saturated carbocycles. The van der Waals surface area contributed by atoms with Crippen molar-refractivity contribution in [3.05, 3.63) is 24.3 Å². The Morgan fingerprint density at radius 2 is 1.42 bits per heavy atom. The van der Waals surface area contributed by atoms with E-state index in [1.807, 2.05) is 0 Å². The van der Waals surface area contributed by atoms with E-state index >= 15 is 0 Å². The summed E-state index contributed by atoms with van der Waals surface area (Å²) in [6.45, 7) is 2.20. The first-order chi connectivity index (χ1) is 5.43. The summed E-state index contributed by atoms with van der Waals surface area (Å²) < 4.78 is 0. The van der Waals surface area contributed by atoms with Crippen molar-refractivity contribution < 1.29 is 15.5 Å². The van der Waals surface area contributed by atoms with Crippen LogP contribution in [-0.2, 0) is 15.5 Å². The van der Waals surface area contributed by atoms with Gasteiger partial charge in [0, 0.05) is 0 Å². The number of hydrogen-bond acceptors (Lipinski definition) is 0. The Labute approximate surface area is 92.1 Å². The van der Waals surface area contributed by atoms with Crippen LogP contribution in [0.2, 0.25) is 0 Å². The molecule has 0 aromatic rings. The van der Waals surface area contributed by atoms with Crippen molar-refractivity contribution in [3.8, 4) is 0 Å². The van der Waals surface area contributed by atoms with Gasteiger partial charge in [-0.2, -0.15) is 0 Å². The Hall–Kier alpha value is 1.52. The van der Waals surface area contributed by atoms with Crippen LogP contribution in [-0.4, -0.2) is 0 Å². The average Bonchev–Trinajstić information content (AvgIpc) is 2.33. The molecular formula is C7H10Cl4Zr. The fraction of sp³-hybridized carbons (Fsp3) is 0.429. The standard InChI is InChI=1S/C7H10.4ClH.Zr/c1-2-7-5-3-4-6-7;;;;;/h3-7H,2H2,1H3;4*1H;/q;;;;;+4/p-4. The van der Waals surface area contributed by atoms with E-state index in [0.29, 0.717) is 0 Å². The molecule has 0 spiro atoms. The molecule has 1 rings (SSSR count). The van der Waals surface area contributed by atoms with Crippen molar-refractivity contribution in [2.24, 2.45) is 5.92 Å². The second-order valence-corrected chi connectivity index (χ2v) is 24.7. The number of halogens is 4. The molecule has 1 aliphatic rings. The van der Waals surface area contributed by atoms with Crippen LogP contribution >= 0.6 is 34.1 Å². The van der Waals surface area contributed by atoms with Crippen LogP contribution in [0, 0.1) is 5.92 Å².